The molecule has 0 aliphatic heterocycles. The number of hydrogen-bond donors (Lipinski definition) is 4. The maximum atomic E-state index is 12.3. The number of aromatic amines is 2. The molecular weight excluding hydrogens is 398 g/mol. The zero-order valence-electron chi connectivity index (χ0n) is 15.5. The number of para-hydroxylation sites is 2. The molecule has 4 aromatic rings. The summed E-state index contributed by atoms with van der Waals surface area (Å²) in [6.45, 7) is 2.39. The van der Waals surface area contributed by atoms with E-state index in [0.29, 0.717) is 27.6 Å². The smallest absolute Gasteiger partial charge is 0.242 e. The first-order valence-corrected chi connectivity index (χ1v) is 10.4. The van der Waals surface area contributed by atoms with Crippen molar-refractivity contribution in [1.29, 1.82) is 0 Å². The van der Waals surface area contributed by atoms with Crippen LogP contribution < -0.4 is 14.2 Å². The van der Waals surface area contributed by atoms with Crippen molar-refractivity contribution < 1.29 is 23.0 Å². The van der Waals surface area contributed by atoms with Crippen LogP contribution in [-0.2, 0) is 10.0 Å². The monoisotopic (exact) mass is 417 g/mol. The van der Waals surface area contributed by atoms with Gasteiger partial charge in [0.2, 0.25) is 21.8 Å². The maximum Gasteiger partial charge on any atom is 0.242 e. The standard InChI is InChI=1S/C18H19N5O5S/c1-2-19-29(25,26)14-8-4-6-12-16(14)21-23-18(12)28-10-9-27-13-7-3-5-11-15(13)20-22-17(11)24/h3-8,19H,2,9-10H2,1H3,(H,21,23)(H2,20,22,24). The highest BCUT2D eigenvalue weighted by molar-refractivity contribution is 7.89. The quantitative estimate of drug-likeness (QED) is 0.321. The van der Waals surface area contributed by atoms with Crippen LogP contribution in [0.1, 0.15) is 6.92 Å². The second kappa shape index (κ2) is 7.60. The number of rotatable bonds is 8. The first-order chi connectivity index (χ1) is 14.0. The van der Waals surface area contributed by atoms with Gasteiger partial charge in [-0.15, -0.1) is 10.2 Å². The predicted molar refractivity (Wildman–Crippen MR) is 106 cm³/mol. The Kier molecular flexibility index (Phi) is 4.99. The number of benzene rings is 2. The molecule has 4 N–H and O–H groups in total. The van der Waals surface area contributed by atoms with E-state index in [9.17, 15) is 13.5 Å². The van der Waals surface area contributed by atoms with Crippen LogP contribution in [0.15, 0.2) is 41.3 Å². The zero-order chi connectivity index (χ0) is 20.4. The fraction of sp³-hybridized carbons (Fsp3) is 0.222. The van der Waals surface area contributed by atoms with E-state index in [1.807, 2.05) is 0 Å². The number of nitrogens with one attached hydrogen (secondary N) is 3. The summed E-state index contributed by atoms with van der Waals surface area (Å²) in [5.74, 6) is 0.729. The number of sulfonamides is 1. The molecule has 0 unspecified atom stereocenters. The van der Waals surface area contributed by atoms with Gasteiger partial charge in [0.15, 0.2) is 0 Å². The van der Waals surface area contributed by atoms with Crippen LogP contribution in [0, 0.1) is 0 Å². The zero-order valence-corrected chi connectivity index (χ0v) is 16.3. The highest BCUT2D eigenvalue weighted by Crippen LogP contribution is 2.29. The number of hydrogen-bond acceptors (Lipinski definition) is 7. The number of aromatic hydroxyl groups is 1. The Morgan fingerprint density at radius 3 is 2.55 bits per heavy atom. The molecule has 0 atom stereocenters. The molecule has 11 heteroatoms. The van der Waals surface area contributed by atoms with Gasteiger partial charge < -0.3 is 14.6 Å². The predicted octanol–water partition coefficient (Wildman–Crippen LogP) is 1.90. The highest BCUT2D eigenvalue weighted by Gasteiger charge is 2.19. The van der Waals surface area contributed by atoms with Crippen molar-refractivity contribution in [2.24, 2.45) is 0 Å². The van der Waals surface area contributed by atoms with Gasteiger partial charge in [-0.2, -0.15) is 0 Å². The van der Waals surface area contributed by atoms with Crippen molar-refractivity contribution in [3.8, 4) is 17.5 Å². The van der Waals surface area contributed by atoms with Crippen molar-refractivity contribution in [2.75, 3.05) is 19.8 Å². The molecule has 0 aliphatic carbocycles. The summed E-state index contributed by atoms with van der Waals surface area (Å²) in [4.78, 5) is 0.112. The summed E-state index contributed by atoms with van der Waals surface area (Å²) >= 11 is 0. The Labute approximate surface area is 165 Å². The van der Waals surface area contributed by atoms with Crippen molar-refractivity contribution >= 4 is 31.8 Å². The van der Waals surface area contributed by atoms with Crippen LogP contribution in [-0.4, -0.2) is 53.7 Å². The van der Waals surface area contributed by atoms with E-state index >= 15 is 0 Å². The van der Waals surface area contributed by atoms with E-state index in [-0.39, 0.29) is 36.4 Å². The fourth-order valence-corrected chi connectivity index (χ4v) is 4.22. The second-order valence-corrected chi connectivity index (χ2v) is 7.87. The highest BCUT2D eigenvalue weighted by atomic mass is 32.2. The lowest BCUT2D eigenvalue weighted by molar-refractivity contribution is 0.214. The molecule has 29 heavy (non-hydrogen) atoms. The van der Waals surface area contributed by atoms with Crippen molar-refractivity contribution in [3.63, 3.8) is 0 Å². The van der Waals surface area contributed by atoms with E-state index in [4.69, 9.17) is 9.47 Å². The molecule has 10 nitrogen and oxygen atoms in total. The van der Waals surface area contributed by atoms with Crippen LogP contribution in [0.5, 0.6) is 17.5 Å². The molecule has 4 rings (SSSR count). The minimum atomic E-state index is -3.63. The summed E-state index contributed by atoms with van der Waals surface area (Å²) < 4.78 is 38.5. The third kappa shape index (κ3) is 3.57. The van der Waals surface area contributed by atoms with E-state index in [2.05, 4.69) is 25.1 Å². The molecule has 2 aromatic carbocycles. The first-order valence-electron chi connectivity index (χ1n) is 8.89. The van der Waals surface area contributed by atoms with Crippen molar-refractivity contribution in [3.05, 3.63) is 36.4 Å². The van der Waals surface area contributed by atoms with E-state index in [1.54, 1.807) is 37.3 Å². The SMILES string of the molecule is CCNS(=O)(=O)c1cccc2c(OCCOc3cccc4c(O)n[nH]c34)n[nH]c12. The van der Waals surface area contributed by atoms with Gasteiger partial charge in [-0.25, -0.2) is 13.1 Å². The molecule has 0 radical (unpaired) electrons. The Morgan fingerprint density at radius 2 is 1.72 bits per heavy atom. The summed E-state index contributed by atoms with van der Waals surface area (Å²) in [5.41, 5.74) is 0.968. The Balaban J connectivity index is 1.46. The lowest BCUT2D eigenvalue weighted by Gasteiger charge is -2.08. The molecule has 2 heterocycles. The average Bonchev–Trinajstić information content (AvgIpc) is 3.29. The first kappa shape index (κ1) is 19.0. The Hall–Kier alpha value is -3.31. The number of H-pyrrole nitrogens is 2. The van der Waals surface area contributed by atoms with Gasteiger partial charge in [-0.05, 0) is 24.3 Å². The van der Waals surface area contributed by atoms with Crippen LogP contribution in [0.4, 0.5) is 0 Å². The fourth-order valence-electron chi connectivity index (χ4n) is 3.01. The van der Waals surface area contributed by atoms with Gasteiger partial charge in [-0.3, -0.25) is 10.2 Å². The molecule has 0 bridgehead atoms. The minimum absolute atomic E-state index is 0.0898. The largest absolute Gasteiger partial charge is 0.492 e. The summed E-state index contributed by atoms with van der Waals surface area (Å²) in [6.07, 6.45) is 0. The number of nitrogens with zero attached hydrogens (tertiary/aromatic N) is 2. The Morgan fingerprint density at radius 1 is 1.00 bits per heavy atom. The topological polar surface area (TPSA) is 142 Å². The summed E-state index contributed by atoms with van der Waals surface area (Å²) in [6, 6.07) is 10.1. The van der Waals surface area contributed by atoms with Crippen LogP contribution in [0.2, 0.25) is 0 Å². The number of fused-ring (bicyclic) bond motifs is 2. The second-order valence-electron chi connectivity index (χ2n) is 6.13. The van der Waals surface area contributed by atoms with E-state index < -0.39 is 10.0 Å². The van der Waals surface area contributed by atoms with Crippen molar-refractivity contribution in [2.45, 2.75) is 11.8 Å². The minimum Gasteiger partial charge on any atom is -0.492 e. The molecule has 152 valence electrons. The lowest BCUT2D eigenvalue weighted by Crippen LogP contribution is -2.23. The molecule has 0 fully saturated rings. The Bertz CT molecular complexity index is 1260. The summed E-state index contributed by atoms with van der Waals surface area (Å²) in [7, 11) is -3.63. The molecule has 0 aliphatic rings. The average molecular weight is 417 g/mol. The van der Waals surface area contributed by atoms with Gasteiger partial charge in [0.05, 0.1) is 16.3 Å². The molecule has 0 saturated heterocycles. The van der Waals surface area contributed by atoms with Crippen LogP contribution in [0.3, 0.4) is 0 Å². The number of ether oxygens (including phenoxy) is 2. The third-order valence-electron chi connectivity index (χ3n) is 4.27. The molecular formula is C18H19N5O5S. The molecule has 0 spiro atoms. The van der Waals surface area contributed by atoms with Crippen LogP contribution >= 0.6 is 0 Å². The van der Waals surface area contributed by atoms with Gasteiger partial charge in [0.1, 0.15) is 29.4 Å². The van der Waals surface area contributed by atoms with E-state index in [0.717, 1.165) is 0 Å². The van der Waals surface area contributed by atoms with Gasteiger partial charge in [-0.1, -0.05) is 19.1 Å². The van der Waals surface area contributed by atoms with Gasteiger partial charge in [0.25, 0.3) is 0 Å². The molecule has 0 amide bonds. The number of aromatic nitrogens is 4. The van der Waals surface area contributed by atoms with E-state index in [1.165, 1.54) is 6.07 Å². The van der Waals surface area contributed by atoms with Gasteiger partial charge in [0, 0.05) is 6.54 Å². The van der Waals surface area contributed by atoms with Crippen molar-refractivity contribution in [1.82, 2.24) is 25.1 Å². The molecule has 2 aromatic heterocycles. The third-order valence-corrected chi connectivity index (χ3v) is 5.86. The van der Waals surface area contributed by atoms with Gasteiger partial charge >= 0.3 is 0 Å². The molecule has 0 saturated carbocycles. The normalized spacial score (nSPS) is 11.9. The van der Waals surface area contributed by atoms with Crippen LogP contribution in [0.25, 0.3) is 21.8 Å². The maximum absolute atomic E-state index is 12.3. The summed E-state index contributed by atoms with van der Waals surface area (Å²) in [5, 5.41) is 24.1. The lowest BCUT2D eigenvalue weighted by atomic mass is 10.2.